The fourth-order valence-corrected chi connectivity index (χ4v) is 0.720. The van der Waals surface area contributed by atoms with Gasteiger partial charge in [0.15, 0.2) is 0 Å². The molecule has 0 spiro atoms. The van der Waals surface area contributed by atoms with Gasteiger partial charge in [0.2, 0.25) is 0 Å². The lowest BCUT2D eigenvalue weighted by Gasteiger charge is -1.91. The van der Waals surface area contributed by atoms with Gasteiger partial charge < -0.3 is 5.21 Å². The van der Waals surface area contributed by atoms with E-state index in [1.807, 2.05) is 0 Å². The molecule has 2 heteroatoms. The van der Waals surface area contributed by atoms with Crippen molar-refractivity contribution in [1.29, 1.82) is 0 Å². The summed E-state index contributed by atoms with van der Waals surface area (Å²) in [7, 11) is 0. The predicted molar refractivity (Wildman–Crippen MR) is 39.0 cm³/mol. The number of rotatable bonds is 5. The normalized spacial score (nSPS) is 10.8. The highest BCUT2D eigenvalue weighted by atomic mass is 16.4. The molecule has 1 N–H and O–H groups in total. The summed E-state index contributed by atoms with van der Waals surface area (Å²) in [6, 6.07) is 0. The number of oxime groups is 1. The SMILES string of the molecule is CCCCCC/C=N/O. The molecule has 0 aliphatic heterocycles. The summed E-state index contributed by atoms with van der Waals surface area (Å²) in [4.78, 5) is 0. The van der Waals surface area contributed by atoms with Crippen molar-refractivity contribution in [2.45, 2.75) is 39.0 Å². The maximum absolute atomic E-state index is 7.99. The highest BCUT2D eigenvalue weighted by molar-refractivity contribution is 5.55. The van der Waals surface area contributed by atoms with Crippen LogP contribution in [-0.4, -0.2) is 11.4 Å². The van der Waals surface area contributed by atoms with Crippen molar-refractivity contribution < 1.29 is 5.21 Å². The average molecular weight is 129 g/mol. The smallest absolute Gasteiger partial charge is 0.0435 e. The van der Waals surface area contributed by atoms with Crippen LogP contribution in [0.15, 0.2) is 5.16 Å². The molecule has 2 nitrogen and oxygen atoms in total. The van der Waals surface area contributed by atoms with E-state index in [-0.39, 0.29) is 0 Å². The Morgan fingerprint density at radius 2 is 2.11 bits per heavy atom. The molecule has 0 heterocycles. The van der Waals surface area contributed by atoms with Crippen molar-refractivity contribution in [3.05, 3.63) is 0 Å². The maximum Gasteiger partial charge on any atom is 0.0435 e. The van der Waals surface area contributed by atoms with Crippen LogP contribution in [0.5, 0.6) is 0 Å². The van der Waals surface area contributed by atoms with Crippen molar-refractivity contribution in [2.24, 2.45) is 5.16 Å². The number of nitrogens with zero attached hydrogens (tertiary/aromatic N) is 1. The highest BCUT2D eigenvalue weighted by Gasteiger charge is 1.83. The van der Waals surface area contributed by atoms with Crippen LogP contribution in [0.4, 0.5) is 0 Å². The van der Waals surface area contributed by atoms with Crippen LogP contribution >= 0.6 is 0 Å². The third-order valence-electron chi connectivity index (χ3n) is 1.27. The van der Waals surface area contributed by atoms with Gasteiger partial charge in [-0.05, 0) is 12.8 Å². The van der Waals surface area contributed by atoms with Crippen LogP contribution < -0.4 is 0 Å². The van der Waals surface area contributed by atoms with Gasteiger partial charge in [-0.3, -0.25) is 0 Å². The minimum Gasteiger partial charge on any atom is -0.411 e. The second kappa shape index (κ2) is 7.47. The fourth-order valence-electron chi connectivity index (χ4n) is 0.720. The minimum atomic E-state index is 0.913. The van der Waals surface area contributed by atoms with Crippen LogP contribution in [0.25, 0.3) is 0 Å². The van der Waals surface area contributed by atoms with Gasteiger partial charge in [-0.15, -0.1) is 5.16 Å². The number of unbranched alkanes of at least 4 members (excludes halogenated alkanes) is 4. The zero-order valence-corrected chi connectivity index (χ0v) is 6.01. The van der Waals surface area contributed by atoms with Gasteiger partial charge in [0, 0.05) is 6.21 Å². The summed E-state index contributed by atoms with van der Waals surface area (Å²) in [5, 5.41) is 10.9. The summed E-state index contributed by atoms with van der Waals surface area (Å²) in [6.45, 7) is 2.18. The van der Waals surface area contributed by atoms with Gasteiger partial charge in [0.1, 0.15) is 0 Å². The Kier molecular flexibility index (Phi) is 7.03. The first-order valence-corrected chi connectivity index (χ1v) is 3.57. The van der Waals surface area contributed by atoms with E-state index in [2.05, 4.69) is 12.1 Å². The van der Waals surface area contributed by atoms with Crippen LogP contribution in [-0.2, 0) is 0 Å². The average Bonchev–Trinajstić information content (AvgIpc) is 1.89. The van der Waals surface area contributed by atoms with E-state index in [1.165, 1.54) is 19.3 Å². The molecule has 0 fully saturated rings. The molecule has 0 unspecified atom stereocenters. The number of hydrogen-bond donors (Lipinski definition) is 1. The third kappa shape index (κ3) is 7.47. The van der Waals surface area contributed by atoms with E-state index >= 15 is 0 Å². The Morgan fingerprint density at radius 1 is 1.33 bits per heavy atom. The van der Waals surface area contributed by atoms with E-state index in [9.17, 15) is 0 Å². The van der Waals surface area contributed by atoms with Gasteiger partial charge in [0.05, 0.1) is 0 Å². The summed E-state index contributed by atoms with van der Waals surface area (Å²) < 4.78 is 0. The van der Waals surface area contributed by atoms with Crippen molar-refractivity contribution >= 4 is 6.21 Å². The van der Waals surface area contributed by atoms with Gasteiger partial charge in [-0.1, -0.05) is 26.2 Å². The molecule has 0 aliphatic carbocycles. The van der Waals surface area contributed by atoms with Crippen molar-refractivity contribution in [3.8, 4) is 0 Å². The second-order valence-corrected chi connectivity index (χ2v) is 2.15. The standard InChI is InChI=1S/C7H15NO/c1-2-3-4-5-6-7-8-9/h7,9H,2-6H2,1H3/b8-7+. The largest absolute Gasteiger partial charge is 0.411 e. The number of hydrogen-bond acceptors (Lipinski definition) is 2. The first-order chi connectivity index (χ1) is 4.41. The van der Waals surface area contributed by atoms with Gasteiger partial charge in [-0.25, -0.2) is 0 Å². The molecular weight excluding hydrogens is 114 g/mol. The predicted octanol–water partition coefficient (Wildman–Crippen LogP) is 2.42. The molecule has 0 saturated heterocycles. The Labute approximate surface area is 56.6 Å². The molecule has 0 aromatic heterocycles. The van der Waals surface area contributed by atoms with E-state index in [4.69, 9.17) is 5.21 Å². The maximum atomic E-state index is 7.99. The molecule has 0 amide bonds. The fraction of sp³-hybridized carbons (Fsp3) is 0.857. The van der Waals surface area contributed by atoms with E-state index in [1.54, 1.807) is 6.21 Å². The van der Waals surface area contributed by atoms with Crippen LogP contribution in [0.1, 0.15) is 39.0 Å². The summed E-state index contributed by atoms with van der Waals surface area (Å²) in [6.07, 6.45) is 7.42. The molecular formula is C7H15NO. The third-order valence-corrected chi connectivity index (χ3v) is 1.27. The van der Waals surface area contributed by atoms with Gasteiger partial charge >= 0.3 is 0 Å². The van der Waals surface area contributed by atoms with Gasteiger partial charge in [-0.2, -0.15) is 0 Å². The van der Waals surface area contributed by atoms with Crippen LogP contribution in [0.3, 0.4) is 0 Å². The summed E-state index contributed by atoms with van der Waals surface area (Å²) in [5.41, 5.74) is 0. The van der Waals surface area contributed by atoms with E-state index < -0.39 is 0 Å². The first kappa shape index (κ1) is 8.47. The molecule has 0 bridgehead atoms. The Bertz CT molecular complexity index is 71.3. The summed E-state index contributed by atoms with van der Waals surface area (Å²) in [5.74, 6) is 0. The molecule has 0 radical (unpaired) electrons. The molecule has 0 aliphatic rings. The van der Waals surface area contributed by atoms with E-state index in [0.29, 0.717) is 0 Å². The lowest BCUT2D eigenvalue weighted by molar-refractivity contribution is 0.320. The second-order valence-electron chi connectivity index (χ2n) is 2.15. The molecule has 9 heavy (non-hydrogen) atoms. The molecule has 0 rings (SSSR count). The minimum absolute atomic E-state index is 0.913. The Morgan fingerprint density at radius 3 is 2.67 bits per heavy atom. The Hall–Kier alpha value is -0.530. The highest BCUT2D eigenvalue weighted by Crippen LogP contribution is 1.99. The zero-order chi connectivity index (χ0) is 6.95. The Balaban J connectivity index is 2.75. The quantitative estimate of drug-likeness (QED) is 0.263. The molecule has 54 valence electrons. The molecule has 0 aromatic rings. The zero-order valence-electron chi connectivity index (χ0n) is 6.01. The van der Waals surface area contributed by atoms with Crippen LogP contribution in [0, 0.1) is 0 Å². The van der Waals surface area contributed by atoms with Gasteiger partial charge in [0.25, 0.3) is 0 Å². The van der Waals surface area contributed by atoms with E-state index in [0.717, 1.165) is 12.8 Å². The lowest BCUT2D eigenvalue weighted by atomic mass is 10.2. The summed E-state index contributed by atoms with van der Waals surface area (Å²) >= 11 is 0. The molecule has 0 atom stereocenters. The molecule has 0 saturated carbocycles. The van der Waals surface area contributed by atoms with Crippen molar-refractivity contribution in [3.63, 3.8) is 0 Å². The lowest BCUT2D eigenvalue weighted by Crippen LogP contribution is -1.77. The topological polar surface area (TPSA) is 32.6 Å². The monoisotopic (exact) mass is 129 g/mol. The van der Waals surface area contributed by atoms with Crippen molar-refractivity contribution in [2.75, 3.05) is 0 Å². The van der Waals surface area contributed by atoms with Crippen molar-refractivity contribution in [1.82, 2.24) is 0 Å². The molecule has 0 aromatic carbocycles. The van der Waals surface area contributed by atoms with Crippen LogP contribution in [0.2, 0.25) is 0 Å². The first-order valence-electron chi connectivity index (χ1n) is 3.57.